The number of rotatable bonds is 3. The summed E-state index contributed by atoms with van der Waals surface area (Å²) in [7, 11) is 0. The van der Waals surface area contributed by atoms with Crippen molar-refractivity contribution in [2.75, 3.05) is 0 Å². The molecule has 21 heavy (non-hydrogen) atoms. The zero-order chi connectivity index (χ0) is 14.8. The van der Waals surface area contributed by atoms with Crippen molar-refractivity contribution in [2.45, 2.75) is 12.6 Å². The largest absolute Gasteiger partial charge is 0.387 e. The standard InChI is InChI=1S/C15H12FN3O2/c16-11-3-1-2-10(6-11)14(20)8-19-9-18-13-7-17-5-4-12(13)15(19)21/h1-7,9,14,20H,8H2/t14-/m0/s1. The highest BCUT2D eigenvalue weighted by atomic mass is 19.1. The topological polar surface area (TPSA) is 68.0 Å². The molecule has 2 heterocycles. The van der Waals surface area contributed by atoms with E-state index in [1.807, 2.05) is 0 Å². The van der Waals surface area contributed by atoms with E-state index in [0.29, 0.717) is 16.5 Å². The van der Waals surface area contributed by atoms with Gasteiger partial charge in [0.1, 0.15) is 5.82 Å². The average Bonchev–Trinajstić information content (AvgIpc) is 2.50. The van der Waals surface area contributed by atoms with Gasteiger partial charge in [-0.05, 0) is 23.8 Å². The Morgan fingerprint density at radius 3 is 3.00 bits per heavy atom. The van der Waals surface area contributed by atoms with Crippen LogP contribution in [-0.2, 0) is 6.54 Å². The van der Waals surface area contributed by atoms with Crippen molar-refractivity contribution in [3.63, 3.8) is 0 Å². The Balaban J connectivity index is 1.95. The first-order valence-electron chi connectivity index (χ1n) is 6.38. The second-order valence-corrected chi connectivity index (χ2v) is 4.67. The van der Waals surface area contributed by atoms with Gasteiger partial charge >= 0.3 is 0 Å². The maximum absolute atomic E-state index is 13.2. The van der Waals surface area contributed by atoms with Crippen LogP contribution >= 0.6 is 0 Å². The van der Waals surface area contributed by atoms with E-state index in [2.05, 4.69) is 9.97 Å². The molecule has 0 unspecified atom stereocenters. The van der Waals surface area contributed by atoms with Crippen LogP contribution in [0.1, 0.15) is 11.7 Å². The molecule has 1 aromatic carbocycles. The second kappa shape index (κ2) is 5.41. The van der Waals surface area contributed by atoms with E-state index in [0.717, 1.165) is 0 Å². The third-order valence-corrected chi connectivity index (χ3v) is 3.23. The number of pyridine rings is 1. The molecule has 3 rings (SSSR count). The number of hydrogen-bond donors (Lipinski definition) is 1. The molecule has 0 bridgehead atoms. The van der Waals surface area contributed by atoms with Gasteiger partial charge in [0.25, 0.3) is 5.56 Å². The number of aromatic nitrogens is 3. The number of aliphatic hydroxyl groups excluding tert-OH is 1. The number of fused-ring (bicyclic) bond motifs is 1. The van der Waals surface area contributed by atoms with Crippen LogP contribution in [-0.4, -0.2) is 19.6 Å². The van der Waals surface area contributed by atoms with Gasteiger partial charge in [-0.2, -0.15) is 0 Å². The Labute approximate surface area is 119 Å². The summed E-state index contributed by atoms with van der Waals surface area (Å²) in [5.74, 6) is -0.429. The Morgan fingerprint density at radius 1 is 1.33 bits per heavy atom. The smallest absolute Gasteiger partial charge is 0.261 e. The number of benzene rings is 1. The number of nitrogens with zero attached hydrogens (tertiary/aromatic N) is 3. The summed E-state index contributed by atoms with van der Waals surface area (Å²) < 4.78 is 14.5. The van der Waals surface area contributed by atoms with Gasteiger partial charge in [0.2, 0.25) is 0 Å². The molecule has 0 aliphatic carbocycles. The molecule has 0 amide bonds. The van der Waals surface area contributed by atoms with Gasteiger partial charge < -0.3 is 5.11 Å². The van der Waals surface area contributed by atoms with Gasteiger partial charge in [0.15, 0.2) is 0 Å². The molecular formula is C15H12FN3O2. The summed E-state index contributed by atoms with van der Waals surface area (Å²) in [6.45, 7) is 0.00749. The van der Waals surface area contributed by atoms with E-state index in [4.69, 9.17) is 0 Å². The van der Waals surface area contributed by atoms with E-state index in [1.165, 1.54) is 41.5 Å². The molecular weight excluding hydrogens is 273 g/mol. The van der Waals surface area contributed by atoms with Crippen LogP contribution in [0.3, 0.4) is 0 Å². The fraction of sp³-hybridized carbons (Fsp3) is 0.133. The quantitative estimate of drug-likeness (QED) is 0.794. The molecule has 3 aromatic rings. The summed E-state index contributed by atoms with van der Waals surface area (Å²) in [5, 5.41) is 10.6. The van der Waals surface area contributed by atoms with Crippen molar-refractivity contribution in [2.24, 2.45) is 0 Å². The fourth-order valence-corrected chi connectivity index (χ4v) is 2.14. The van der Waals surface area contributed by atoms with Crippen LogP contribution in [0.25, 0.3) is 10.9 Å². The molecule has 0 spiro atoms. The lowest BCUT2D eigenvalue weighted by Gasteiger charge is -2.13. The fourth-order valence-electron chi connectivity index (χ4n) is 2.14. The molecule has 6 heteroatoms. The highest BCUT2D eigenvalue weighted by Crippen LogP contribution is 2.15. The molecule has 0 aliphatic heterocycles. The highest BCUT2D eigenvalue weighted by molar-refractivity contribution is 5.75. The Hall–Kier alpha value is -2.60. The van der Waals surface area contributed by atoms with E-state index in [1.54, 1.807) is 12.1 Å². The minimum absolute atomic E-state index is 0.00749. The zero-order valence-corrected chi connectivity index (χ0v) is 11.0. The summed E-state index contributed by atoms with van der Waals surface area (Å²) in [5.41, 5.74) is 0.647. The van der Waals surface area contributed by atoms with Crippen LogP contribution in [0.15, 0.2) is 53.8 Å². The Bertz CT molecular complexity index is 847. The molecule has 1 N–H and O–H groups in total. The van der Waals surface area contributed by atoms with Crippen LogP contribution in [0.4, 0.5) is 4.39 Å². The molecule has 0 aliphatic rings. The van der Waals surface area contributed by atoms with E-state index < -0.39 is 11.9 Å². The predicted octanol–water partition coefficient (Wildman–Crippen LogP) is 1.66. The zero-order valence-electron chi connectivity index (χ0n) is 11.0. The average molecular weight is 285 g/mol. The van der Waals surface area contributed by atoms with Crippen LogP contribution in [0.5, 0.6) is 0 Å². The highest BCUT2D eigenvalue weighted by Gasteiger charge is 2.11. The molecule has 2 aromatic heterocycles. The van der Waals surface area contributed by atoms with E-state index in [-0.39, 0.29) is 12.1 Å². The Morgan fingerprint density at radius 2 is 2.19 bits per heavy atom. The third-order valence-electron chi connectivity index (χ3n) is 3.23. The molecule has 106 valence electrons. The summed E-state index contributed by atoms with van der Waals surface area (Å²) in [6, 6.07) is 7.24. The Kier molecular flexibility index (Phi) is 3.45. The first kappa shape index (κ1) is 13.4. The van der Waals surface area contributed by atoms with Crippen LogP contribution in [0, 0.1) is 5.82 Å². The van der Waals surface area contributed by atoms with Crippen molar-refractivity contribution in [3.05, 3.63) is 70.8 Å². The number of aliphatic hydroxyl groups is 1. The minimum atomic E-state index is -0.987. The van der Waals surface area contributed by atoms with Gasteiger partial charge in [-0.1, -0.05) is 12.1 Å². The lowest BCUT2D eigenvalue weighted by Crippen LogP contribution is -2.23. The van der Waals surface area contributed by atoms with Gasteiger partial charge in [-0.3, -0.25) is 14.3 Å². The third kappa shape index (κ3) is 2.66. The van der Waals surface area contributed by atoms with Crippen molar-refractivity contribution in [1.29, 1.82) is 0 Å². The van der Waals surface area contributed by atoms with Gasteiger partial charge in [0.05, 0.1) is 36.1 Å². The van der Waals surface area contributed by atoms with Crippen molar-refractivity contribution in [3.8, 4) is 0 Å². The lowest BCUT2D eigenvalue weighted by atomic mass is 10.1. The lowest BCUT2D eigenvalue weighted by molar-refractivity contribution is 0.154. The van der Waals surface area contributed by atoms with E-state index >= 15 is 0 Å². The first-order chi connectivity index (χ1) is 10.1. The van der Waals surface area contributed by atoms with Gasteiger partial charge in [-0.15, -0.1) is 0 Å². The predicted molar refractivity (Wildman–Crippen MR) is 75.2 cm³/mol. The first-order valence-corrected chi connectivity index (χ1v) is 6.38. The SMILES string of the molecule is O=c1c2ccncc2ncn1C[C@H](O)c1cccc(F)c1. The summed E-state index contributed by atoms with van der Waals surface area (Å²) in [6.07, 6.45) is 3.39. The maximum atomic E-state index is 13.2. The molecule has 5 nitrogen and oxygen atoms in total. The molecule has 0 saturated heterocycles. The number of hydrogen-bond acceptors (Lipinski definition) is 4. The van der Waals surface area contributed by atoms with Gasteiger partial charge in [0, 0.05) is 6.20 Å². The van der Waals surface area contributed by atoms with Crippen molar-refractivity contribution >= 4 is 10.9 Å². The second-order valence-electron chi connectivity index (χ2n) is 4.67. The van der Waals surface area contributed by atoms with E-state index in [9.17, 15) is 14.3 Å². The van der Waals surface area contributed by atoms with Gasteiger partial charge in [-0.25, -0.2) is 9.37 Å². The monoisotopic (exact) mass is 285 g/mol. The molecule has 0 fully saturated rings. The van der Waals surface area contributed by atoms with Crippen LogP contribution in [0.2, 0.25) is 0 Å². The normalized spacial score (nSPS) is 12.5. The van der Waals surface area contributed by atoms with Crippen molar-refractivity contribution in [1.82, 2.24) is 14.5 Å². The van der Waals surface area contributed by atoms with Crippen molar-refractivity contribution < 1.29 is 9.50 Å². The number of halogens is 1. The summed E-state index contributed by atoms with van der Waals surface area (Å²) >= 11 is 0. The molecule has 1 atom stereocenters. The minimum Gasteiger partial charge on any atom is -0.387 e. The maximum Gasteiger partial charge on any atom is 0.261 e. The van der Waals surface area contributed by atoms with Crippen LogP contribution < -0.4 is 5.56 Å². The molecule has 0 radical (unpaired) electrons. The summed E-state index contributed by atoms with van der Waals surface area (Å²) in [4.78, 5) is 20.3. The molecule has 0 saturated carbocycles.